The first-order chi connectivity index (χ1) is 7.75. The molecule has 86 valence electrons. The van der Waals surface area contributed by atoms with Crippen molar-refractivity contribution in [2.24, 2.45) is 0 Å². The van der Waals surface area contributed by atoms with Crippen molar-refractivity contribution in [3.05, 3.63) is 28.6 Å². The third-order valence-corrected chi connectivity index (χ3v) is 3.73. The van der Waals surface area contributed by atoms with Crippen LogP contribution in [-0.4, -0.2) is 15.2 Å². The van der Waals surface area contributed by atoms with Crippen LogP contribution < -0.4 is 0 Å². The summed E-state index contributed by atoms with van der Waals surface area (Å²) in [6.07, 6.45) is 4.86. The van der Waals surface area contributed by atoms with Crippen LogP contribution in [0.25, 0.3) is 0 Å². The van der Waals surface area contributed by atoms with E-state index in [0.29, 0.717) is 0 Å². The van der Waals surface area contributed by atoms with Crippen molar-refractivity contribution in [1.82, 2.24) is 4.98 Å². The summed E-state index contributed by atoms with van der Waals surface area (Å²) in [5.41, 5.74) is 4.00. The van der Waals surface area contributed by atoms with E-state index in [4.69, 9.17) is 0 Å². The van der Waals surface area contributed by atoms with Crippen molar-refractivity contribution >= 4 is 0 Å². The predicted octanol–water partition coefficient (Wildman–Crippen LogP) is 1.82. The maximum atomic E-state index is 9.91. The second kappa shape index (κ2) is 3.82. The summed E-state index contributed by atoms with van der Waals surface area (Å²) in [7, 11) is 0. The number of pyridine rings is 1. The highest BCUT2D eigenvalue weighted by Crippen LogP contribution is 2.34. The van der Waals surface area contributed by atoms with Gasteiger partial charge in [-0.2, -0.15) is 0 Å². The minimum atomic E-state index is -0.428. The van der Waals surface area contributed by atoms with Crippen LogP contribution in [0.1, 0.15) is 60.4 Å². The van der Waals surface area contributed by atoms with Gasteiger partial charge < -0.3 is 10.2 Å². The van der Waals surface area contributed by atoms with E-state index in [2.05, 4.69) is 11.1 Å². The number of fused-ring (bicyclic) bond motifs is 2. The van der Waals surface area contributed by atoms with Crippen molar-refractivity contribution < 1.29 is 10.2 Å². The quantitative estimate of drug-likeness (QED) is 0.699. The van der Waals surface area contributed by atoms with Gasteiger partial charge in [-0.25, -0.2) is 0 Å². The molecule has 0 radical (unpaired) electrons. The van der Waals surface area contributed by atoms with Crippen LogP contribution in [0.5, 0.6) is 0 Å². The Hall–Kier alpha value is -0.930. The molecule has 2 aliphatic carbocycles. The number of hydrogen-bond donors (Lipinski definition) is 2. The smallest absolute Gasteiger partial charge is 0.0962 e. The lowest BCUT2D eigenvalue weighted by molar-refractivity contribution is 0.138. The molecule has 0 amide bonds. The van der Waals surface area contributed by atoms with Crippen LogP contribution >= 0.6 is 0 Å². The van der Waals surface area contributed by atoms with Crippen LogP contribution in [0, 0.1) is 0 Å². The largest absolute Gasteiger partial charge is 0.387 e. The summed E-state index contributed by atoms with van der Waals surface area (Å²) in [6, 6.07) is 2.16. The molecule has 3 rings (SSSR count). The first-order valence-electron chi connectivity index (χ1n) is 6.14. The van der Waals surface area contributed by atoms with Crippen LogP contribution in [0.4, 0.5) is 0 Å². The van der Waals surface area contributed by atoms with Gasteiger partial charge in [0.05, 0.1) is 23.6 Å². The fourth-order valence-electron chi connectivity index (χ4n) is 2.85. The Balaban J connectivity index is 2.10. The molecule has 0 aliphatic heterocycles. The number of aliphatic hydroxyl groups excluding tert-OH is 2. The van der Waals surface area contributed by atoms with Crippen LogP contribution in [-0.2, 0) is 12.8 Å². The molecule has 2 N–H and O–H groups in total. The molecule has 0 bridgehead atoms. The van der Waals surface area contributed by atoms with E-state index in [1.807, 2.05) is 0 Å². The zero-order chi connectivity index (χ0) is 11.1. The highest BCUT2D eigenvalue weighted by molar-refractivity contribution is 5.35. The maximum absolute atomic E-state index is 9.91. The highest BCUT2D eigenvalue weighted by Gasteiger charge is 2.26. The van der Waals surface area contributed by atoms with Gasteiger partial charge in [0, 0.05) is 0 Å². The number of aliphatic hydroxyl groups is 2. The Morgan fingerprint density at radius 1 is 0.938 bits per heavy atom. The highest BCUT2D eigenvalue weighted by atomic mass is 16.3. The minimum absolute atomic E-state index is 0.428. The molecular weight excluding hydrogens is 202 g/mol. The Bertz CT molecular complexity index is 381. The summed E-state index contributed by atoms with van der Waals surface area (Å²) >= 11 is 0. The molecule has 0 saturated heterocycles. The molecule has 0 fully saturated rings. The van der Waals surface area contributed by atoms with Gasteiger partial charge in [0.25, 0.3) is 0 Å². The molecule has 2 atom stereocenters. The number of hydrogen-bond acceptors (Lipinski definition) is 3. The van der Waals surface area contributed by atoms with Crippen molar-refractivity contribution in [3.8, 4) is 0 Å². The molecule has 0 spiro atoms. The molecule has 1 heterocycles. The SMILES string of the molecule is OC1CCCc2cc3c(nc21)C(O)CCC3. The monoisotopic (exact) mass is 219 g/mol. The lowest BCUT2D eigenvalue weighted by Gasteiger charge is -2.26. The molecule has 1 aromatic heterocycles. The van der Waals surface area contributed by atoms with Gasteiger partial charge in [-0.3, -0.25) is 4.98 Å². The number of nitrogens with zero attached hydrogens (tertiary/aromatic N) is 1. The summed E-state index contributed by atoms with van der Waals surface area (Å²) in [5, 5.41) is 19.8. The topological polar surface area (TPSA) is 53.4 Å². The number of aromatic nitrogens is 1. The fraction of sp³-hybridized carbons (Fsp3) is 0.615. The van der Waals surface area contributed by atoms with E-state index in [-0.39, 0.29) is 0 Å². The summed E-state index contributed by atoms with van der Waals surface area (Å²) in [5.74, 6) is 0. The molecule has 2 unspecified atom stereocenters. The van der Waals surface area contributed by atoms with Gasteiger partial charge in [0.1, 0.15) is 0 Å². The van der Waals surface area contributed by atoms with Gasteiger partial charge in [-0.05, 0) is 49.7 Å². The zero-order valence-electron chi connectivity index (χ0n) is 9.32. The fourth-order valence-corrected chi connectivity index (χ4v) is 2.85. The standard InChI is InChI=1S/C13H17NO2/c15-10-5-1-3-8-7-9-4-2-6-11(16)13(9)14-12(8)10/h7,10-11,15-16H,1-6H2. The molecule has 3 nitrogen and oxygen atoms in total. The molecule has 1 aromatic rings. The third kappa shape index (κ3) is 1.55. The van der Waals surface area contributed by atoms with Gasteiger partial charge in [-0.1, -0.05) is 6.07 Å². The van der Waals surface area contributed by atoms with E-state index >= 15 is 0 Å². The van der Waals surface area contributed by atoms with Crippen LogP contribution in [0.15, 0.2) is 6.07 Å². The normalized spacial score (nSPS) is 28.4. The average molecular weight is 219 g/mol. The second-order valence-corrected chi connectivity index (χ2v) is 4.89. The lowest BCUT2D eigenvalue weighted by Crippen LogP contribution is -2.18. The van der Waals surface area contributed by atoms with Gasteiger partial charge in [0.2, 0.25) is 0 Å². The van der Waals surface area contributed by atoms with Crippen LogP contribution in [0.2, 0.25) is 0 Å². The Labute approximate surface area is 95.1 Å². The van der Waals surface area contributed by atoms with Crippen molar-refractivity contribution in [1.29, 1.82) is 0 Å². The summed E-state index contributed by atoms with van der Waals surface area (Å²) in [4.78, 5) is 4.52. The maximum Gasteiger partial charge on any atom is 0.0962 e. The van der Waals surface area contributed by atoms with E-state index in [9.17, 15) is 10.2 Å². The van der Waals surface area contributed by atoms with E-state index < -0.39 is 12.2 Å². The van der Waals surface area contributed by atoms with E-state index in [0.717, 1.165) is 49.9 Å². The van der Waals surface area contributed by atoms with Gasteiger partial charge >= 0.3 is 0 Å². The van der Waals surface area contributed by atoms with E-state index in [1.165, 1.54) is 11.1 Å². The number of rotatable bonds is 0. The van der Waals surface area contributed by atoms with Gasteiger partial charge in [0.15, 0.2) is 0 Å². The molecule has 3 heteroatoms. The summed E-state index contributed by atoms with van der Waals surface area (Å²) < 4.78 is 0. The Morgan fingerprint density at radius 2 is 1.44 bits per heavy atom. The summed E-state index contributed by atoms with van der Waals surface area (Å²) in [6.45, 7) is 0. The first kappa shape index (κ1) is 10.2. The molecule has 2 aliphatic rings. The second-order valence-electron chi connectivity index (χ2n) is 4.89. The van der Waals surface area contributed by atoms with Crippen molar-refractivity contribution in [3.63, 3.8) is 0 Å². The zero-order valence-corrected chi connectivity index (χ0v) is 9.32. The van der Waals surface area contributed by atoms with Crippen molar-refractivity contribution in [2.75, 3.05) is 0 Å². The van der Waals surface area contributed by atoms with Crippen molar-refractivity contribution in [2.45, 2.75) is 50.7 Å². The predicted molar refractivity (Wildman–Crippen MR) is 60.0 cm³/mol. The third-order valence-electron chi connectivity index (χ3n) is 3.73. The van der Waals surface area contributed by atoms with Crippen LogP contribution in [0.3, 0.4) is 0 Å². The Kier molecular flexibility index (Phi) is 2.45. The Morgan fingerprint density at radius 3 is 1.94 bits per heavy atom. The number of aryl methyl sites for hydroxylation is 2. The molecule has 16 heavy (non-hydrogen) atoms. The first-order valence-corrected chi connectivity index (χ1v) is 6.14. The molecule has 0 saturated carbocycles. The average Bonchev–Trinajstić information content (AvgIpc) is 2.28. The lowest BCUT2D eigenvalue weighted by atomic mass is 9.87. The molecule has 0 aromatic carbocycles. The minimum Gasteiger partial charge on any atom is -0.387 e. The molecular formula is C13H17NO2. The van der Waals surface area contributed by atoms with Gasteiger partial charge in [-0.15, -0.1) is 0 Å². The van der Waals surface area contributed by atoms with E-state index in [1.54, 1.807) is 0 Å².